The highest BCUT2D eigenvalue weighted by molar-refractivity contribution is 5.92. The van der Waals surface area contributed by atoms with E-state index in [2.05, 4.69) is 34.1 Å². The minimum atomic E-state index is 0.711. The standard InChI is InChI=1S/C25H28N6/c1-3-9-19(10-4-1)23-27-24-21-11-5-6-12-22(21)26-25(31(24)28-23)30-17-13-20(14-18-30)29-15-7-2-8-16-29/h1,3-6,9-12,20H,2,7-8,13-18H2. The zero-order valence-electron chi connectivity index (χ0n) is 17.8. The van der Waals surface area contributed by atoms with Gasteiger partial charge in [0.25, 0.3) is 0 Å². The first kappa shape index (κ1) is 18.8. The summed E-state index contributed by atoms with van der Waals surface area (Å²) in [6.07, 6.45) is 6.49. The Hall–Kier alpha value is -2.99. The molecule has 4 heterocycles. The SMILES string of the molecule is c1ccc(-c2nc3c4ccccc4nc(N4CCC(N5CCCCC5)CC4)n3n2)cc1. The van der Waals surface area contributed by atoms with Gasteiger partial charge >= 0.3 is 0 Å². The second kappa shape index (κ2) is 7.93. The van der Waals surface area contributed by atoms with Crippen LogP contribution in [0.2, 0.25) is 0 Å². The maximum absolute atomic E-state index is 5.04. The topological polar surface area (TPSA) is 49.6 Å². The van der Waals surface area contributed by atoms with E-state index in [1.54, 1.807) is 0 Å². The lowest BCUT2D eigenvalue weighted by Crippen LogP contribution is -2.47. The van der Waals surface area contributed by atoms with Crippen LogP contribution in [0, 0.1) is 0 Å². The molecular formula is C25H28N6. The van der Waals surface area contributed by atoms with E-state index >= 15 is 0 Å². The molecule has 6 heteroatoms. The molecule has 2 saturated heterocycles. The molecule has 0 unspecified atom stereocenters. The van der Waals surface area contributed by atoms with E-state index in [4.69, 9.17) is 15.1 Å². The van der Waals surface area contributed by atoms with Crippen LogP contribution in [0.3, 0.4) is 0 Å². The van der Waals surface area contributed by atoms with E-state index in [0.717, 1.165) is 47.0 Å². The number of aromatic nitrogens is 4. The molecule has 0 saturated carbocycles. The maximum atomic E-state index is 5.04. The molecule has 0 aliphatic carbocycles. The van der Waals surface area contributed by atoms with Crippen LogP contribution in [-0.4, -0.2) is 56.7 Å². The highest BCUT2D eigenvalue weighted by atomic mass is 15.4. The van der Waals surface area contributed by atoms with E-state index in [9.17, 15) is 0 Å². The average molecular weight is 413 g/mol. The summed E-state index contributed by atoms with van der Waals surface area (Å²) in [5.74, 6) is 1.67. The number of likely N-dealkylation sites (tertiary alicyclic amines) is 1. The second-order valence-corrected chi connectivity index (χ2v) is 8.78. The number of benzene rings is 2. The number of para-hydroxylation sites is 1. The van der Waals surface area contributed by atoms with Gasteiger partial charge in [0.2, 0.25) is 5.95 Å². The summed E-state index contributed by atoms with van der Waals surface area (Å²) in [4.78, 5) is 15.1. The van der Waals surface area contributed by atoms with Crippen LogP contribution in [-0.2, 0) is 0 Å². The number of piperidine rings is 2. The number of hydrogen-bond acceptors (Lipinski definition) is 5. The lowest BCUT2D eigenvalue weighted by atomic mass is 10.00. The summed E-state index contributed by atoms with van der Waals surface area (Å²) in [5.41, 5.74) is 2.90. The minimum Gasteiger partial charge on any atom is -0.341 e. The van der Waals surface area contributed by atoms with Gasteiger partial charge in [-0.3, -0.25) is 0 Å². The molecule has 2 aromatic heterocycles. The first-order valence-electron chi connectivity index (χ1n) is 11.6. The number of rotatable bonds is 3. The molecule has 2 fully saturated rings. The maximum Gasteiger partial charge on any atom is 0.229 e. The Bertz CT molecular complexity index is 1190. The first-order chi connectivity index (χ1) is 15.4. The Labute approximate surface area is 182 Å². The molecule has 6 nitrogen and oxygen atoms in total. The van der Waals surface area contributed by atoms with Gasteiger partial charge < -0.3 is 9.80 Å². The first-order valence-corrected chi connectivity index (χ1v) is 11.6. The van der Waals surface area contributed by atoms with Crippen molar-refractivity contribution in [3.63, 3.8) is 0 Å². The van der Waals surface area contributed by atoms with Crippen molar-refractivity contribution in [1.82, 2.24) is 24.5 Å². The minimum absolute atomic E-state index is 0.711. The van der Waals surface area contributed by atoms with Gasteiger partial charge in [0.05, 0.1) is 5.52 Å². The third kappa shape index (κ3) is 3.45. The van der Waals surface area contributed by atoms with Crippen LogP contribution in [0.4, 0.5) is 5.95 Å². The van der Waals surface area contributed by atoms with E-state index in [1.807, 2.05) is 34.8 Å². The molecular weight excluding hydrogens is 384 g/mol. The molecule has 6 rings (SSSR count). The summed E-state index contributed by atoms with van der Waals surface area (Å²) in [6.45, 7) is 4.57. The second-order valence-electron chi connectivity index (χ2n) is 8.78. The van der Waals surface area contributed by atoms with Gasteiger partial charge in [-0.15, -0.1) is 5.10 Å². The number of anilines is 1. The Morgan fingerprint density at radius 3 is 2.29 bits per heavy atom. The lowest BCUT2D eigenvalue weighted by Gasteiger charge is -2.40. The van der Waals surface area contributed by atoms with Crippen molar-refractivity contribution in [2.75, 3.05) is 31.1 Å². The fraction of sp³-hybridized carbons (Fsp3) is 0.400. The third-order valence-corrected chi connectivity index (χ3v) is 6.85. The molecule has 2 aliphatic rings. The molecule has 0 bridgehead atoms. The van der Waals surface area contributed by atoms with Gasteiger partial charge in [0.15, 0.2) is 11.5 Å². The van der Waals surface area contributed by atoms with Crippen LogP contribution >= 0.6 is 0 Å². The van der Waals surface area contributed by atoms with Gasteiger partial charge in [-0.05, 0) is 50.9 Å². The highest BCUT2D eigenvalue weighted by Gasteiger charge is 2.28. The van der Waals surface area contributed by atoms with E-state index < -0.39 is 0 Å². The predicted octanol–water partition coefficient (Wildman–Crippen LogP) is 4.40. The predicted molar refractivity (Wildman–Crippen MR) is 124 cm³/mol. The third-order valence-electron chi connectivity index (χ3n) is 6.85. The van der Waals surface area contributed by atoms with Gasteiger partial charge in [-0.25, -0.2) is 9.97 Å². The van der Waals surface area contributed by atoms with Crippen molar-refractivity contribution in [3.05, 3.63) is 54.6 Å². The van der Waals surface area contributed by atoms with Crippen LogP contribution in [0.5, 0.6) is 0 Å². The normalized spacial score (nSPS) is 18.8. The summed E-state index contributed by atoms with van der Waals surface area (Å²) in [6, 6.07) is 19.2. The largest absolute Gasteiger partial charge is 0.341 e. The molecule has 2 aromatic carbocycles. The average Bonchev–Trinajstić information content (AvgIpc) is 3.31. The Kier molecular flexibility index (Phi) is 4.80. The zero-order valence-corrected chi connectivity index (χ0v) is 17.8. The van der Waals surface area contributed by atoms with Crippen LogP contribution in [0.15, 0.2) is 54.6 Å². The van der Waals surface area contributed by atoms with Gasteiger partial charge in [0.1, 0.15) is 0 Å². The summed E-state index contributed by atoms with van der Waals surface area (Å²) in [5, 5.41) is 5.95. The molecule has 0 amide bonds. The molecule has 2 aliphatic heterocycles. The fourth-order valence-electron chi connectivity index (χ4n) is 5.17. The van der Waals surface area contributed by atoms with Crippen molar-refractivity contribution < 1.29 is 0 Å². The Balaban J connectivity index is 1.37. The zero-order chi connectivity index (χ0) is 20.6. The van der Waals surface area contributed by atoms with Crippen LogP contribution < -0.4 is 4.90 Å². The van der Waals surface area contributed by atoms with Crippen molar-refractivity contribution in [2.24, 2.45) is 0 Å². The lowest BCUT2D eigenvalue weighted by molar-refractivity contribution is 0.141. The van der Waals surface area contributed by atoms with Crippen LogP contribution in [0.25, 0.3) is 27.9 Å². The quantitative estimate of drug-likeness (QED) is 0.499. The molecule has 0 N–H and O–H groups in total. The van der Waals surface area contributed by atoms with E-state index in [0.29, 0.717) is 6.04 Å². The summed E-state index contributed by atoms with van der Waals surface area (Å²) >= 11 is 0. The number of nitrogens with zero attached hydrogens (tertiary/aromatic N) is 6. The highest BCUT2D eigenvalue weighted by Crippen LogP contribution is 2.28. The van der Waals surface area contributed by atoms with Crippen molar-refractivity contribution >= 4 is 22.5 Å². The van der Waals surface area contributed by atoms with E-state index in [-0.39, 0.29) is 0 Å². The smallest absolute Gasteiger partial charge is 0.229 e. The molecule has 4 aromatic rings. The summed E-state index contributed by atoms with van der Waals surface area (Å²) < 4.78 is 1.96. The van der Waals surface area contributed by atoms with Crippen molar-refractivity contribution in [3.8, 4) is 11.4 Å². The molecule has 31 heavy (non-hydrogen) atoms. The number of hydrogen-bond donors (Lipinski definition) is 0. The molecule has 158 valence electrons. The van der Waals surface area contributed by atoms with Crippen LogP contribution in [0.1, 0.15) is 32.1 Å². The molecule has 0 radical (unpaired) electrons. The van der Waals surface area contributed by atoms with Crippen molar-refractivity contribution in [1.29, 1.82) is 0 Å². The Morgan fingerprint density at radius 2 is 1.48 bits per heavy atom. The van der Waals surface area contributed by atoms with Gasteiger partial charge in [0, 0.05) is 30.1 Å². The number of fused-ring (bicyclic) bond motifs is 3. The van der Waals surface area contributed by atoms with Gasteiger partial charge in [-0.2, -0.15) is 4.52 Å². The van der Waals surface area contributed by atoms with E-state index in [1.165, 1.54) is 45.2 Å². The molecule has 0 atom stereocenters. The molecule has 0 spiro atoms. The van der Waals surface area contributed by atoms with Gasteiger partial charge in [-0.1, -0.05) is 48.9 Å². The fourth-order valence-corrected chi connectivity index (χ4v) is 5.17. The monoisotopic (exact) mass is 412 g/mol. The van der Waals surface area contributed by atoms with Crippen molar-refractivity contribution in [2.45, 2.75) is 38.1 Å². The summed E-state index contributed by atoms with van der Waals surface area (Å²) in [7, 11) is 0. The Morgan fingerprint density at radius 1 is 0.742 bits per heavy atom.